The lowest BCUT2D eigenvalue weighted by Gasteiger charge is -2.12. The number of rotatable bonds is 6. The second kappa shape index (κ2) is 9.10. The van der Waals surface area contributed by atoms with Crippen molar-refractivity contribution in [3.8, 4) is 0 Å². The molecule has 1 fully saturated rings. The first-order valence-electron chi connectivity index (χ1n) is 10.0. The summed E-state index contributed by atoms with van der Waals surface area (Å²) in [6.07, 6.45) is 3.18. The number of fused-ring (bicyclic) bond motifs is 1. The summed E-state index contributed by atoms with van der Waals surface area (Å²) in [6, 6.07) is 7.08. The van der Waals surface area contributed by atoms with Gasteiger partial charge in [-0.25, -0.2) is 8.78 Å². The zero-order chi connectivity index (χ0) is 21.1. The fourth-order valence-corrected chi connectivity index (χ4v) is 4.22. The first kappa shape index (κ1) is 20.8. The molecule has 0 aliphatic carbocycles. The van der Waals surface area contributed by atoms with Crippen LogP contribution in [0.1, 0.15) is 29.5 Å². The van der Waals surface area contributed by atoms with Gasteiger partial charge in [0.25, 0.3) is 0 Å². The van der Waals surface area contributed by atoms with E-state index >= 15 is 0 Å². The van der Waals surface area contributed by atoms with Gasteiger partial charge in [-0.1, -0.05) is 22.8 Å². The van der Waals surface area contributed by atoms with Crippen molar-refractivity contribution >= 4 is 28.8 Å². The fraction of sp³-hybridized carbons (Fsp3) is 0.364. The van der Waals surface area contributed by atoms with Crippen LogP contribution in [-0.2, 0) is 12.8 Å². The van der Waals surface area contributed by atoms with Crippen LogP contribution in [0.5, 0.6) is 0 Å². The number of amidine groups is 1. The van der Waals surface area contributed by atoms with E-state index in [2.05, 4.69) is 20.4 Å². The number of hydrogen-bond donors (Lipinski definition) is 2. The van der Waals surface area contributed by atoms with Crippen LogP contribution >= 0.6 is 11.6 Å². The molecule has 0 aromatic heterocycles. The molecule has 2 N–H and O–H groups in total. The second-order valence-corrected chi connectivity index (χ2v) is 8.04. The van der Waals surface area contributed by atoms with Crippen LogP contribution in [0.4, 0.5) is 14.5 Å². The minimum atomic E-state index is -0.520. The maximum absolute atomic E-state index is 14.3. The van der Waals surface area contributed by atoms with E-state index < -0.39 is 11.6 Å². The fourth-order valence-electron chi connectivity index (χ4n) is 4.02. The van der Waals surface area contributed by atoms with Gasteiger partial charge in [0.2, 0.25) is 0 Å². The number of likely N-dealkylation sites (tertiary alicyclic amines) is 1. The van der Waals surface area contributed by atoms with E-state index in [-0.39, 0.29) is 17.2 Å². The third-order valence-electron chi connectivity index (χ3n) is 5.54. The molecule has 0 amide bonds. The van der Waals surface area contributed by atoms with Crippen molar-refractivity contribution in [3.05, 3.63) is 63.7 Å². The van der Waals surface area contributed by atoms with E-state index in [0.717, 1.165) is 31.0 Å². The predicted molar refractivity (Wildman–Crippen MR) is 115 cm³/mol. The molecule has 0 saturated carbocycles. The number of aliphatic imine (C=N–C) groups is 1. The molecule has 2 heterocycles. The van der Waals surface area contributed by atoms with Crippen LogP contribution in [0, 0.1) is 11.6 Å². The lowest BCUT2D eigenvalue weighted by atomic mass is 9.96. The average Bonchev–Trinajstić information content (AvgIpc) is 3.38. The standard InChI is InChI=1S/C22H23ClF2N4O/c23-18-9-14(3-4-19(18)25)10-21(28-30)16-11-15(24)12-20-17(16)13-22(27-20)26-5-8-29-6-1-2-7-29/h3-4,9,11-12,30H,1-2,5-8,10,13H2,(H,26,27)/b28-21+. The highest BCUT2D eigenvalue weighted by molar-refractivity contribution is 6.30. The molecule has 0 bridgehead atoms. The van der Waals surface area contributed by atoms with Crippen LogP contribution in [0.25, 0.3) is 0 Å². The van der Waals surface area contributed by atoms with Crippen LogP contribution in [0.3, 0.4) is 0 Å². The van der Waals surface area contributed by atoms with E-state index in [9.17, 15) is 14.0 Å². The van der Waals surface area contributed by atoms with Gasteiger partial charge in [0.05, 0.1) is 17.3 Å². The first-order chi connectivity index (χ1) is 14.5. The minimum absolute atomic E-state index is 0.0108. The van der Waals surface area contributed by atoms with Gasteiger partial charge in [0.15, 0.2) is 0 Å². The lowest BCUT2D eigenvalue weighted by molar-refractivity contribution is 0.318. The van der Waals surface area contributed by atoms with Gasteiger partial charge in [-0.05, 0) is 61.3 Å². The molecule has 0 radical (unpaired) electrons. The highest BCUT2D eigenvalue weighted by Crippen LogP contribution is 2.30. The molecule has 1 saturated heterocycles. The van der Waals surface area contributed by atoms with Gasteiger partial charge in [-0.15, -0.1) is 0 Å². The molecule has 0 atom stereocenters. The topological polar surface area (TPSA) is 60.2 Å². The number of anilines is 1. The lowest BCUT2D eigenvalue weighted by Crippen LogP contribution is -2.23. The van der Waals surface area contributed by atoms with Crippen molar-refractivity contribution in [2.45, 2.75) is 25.7 Å². The summed E-state index contributed by atoms with van der Waals surface area (Å²) in [7, 11) is 0. The average molecular weight is 433 g/mol. The SMILES string of the molecule is O/N=C(\Cc1ccc(F)c(Cl)c1)c1cc(F)cc2c1CC(=NCCN1CCCC1)N2. The molecule has 158 valence electrons. The van der Waals surface area contributed by atoms with Gasteiger partial charge in [0.1, 0.15) is 17.5 Å². The summed E-state index contributed by atoms with van der Waals surface area (Å²) in [5, 5.41) is 16.2. The number of nitrogens with zero attached hydrogens (tertiary/aromatic N) is 3. The summed E-state index contributed by atoms with van der Waals surface area (Å²) < 4.78 is 27.7. The summed E-state index contributed by atoms with van der Waals surface area (Å²) in [5.41, 5.74) is 2.91. The molecular formula is C22H23ClF2N4O. The normalized spacial score (nSPS) is 18.1. The Labute approximate surface area is 179 Å². The Kier molecular flexibility index (Phi) is 6.29. The summed E-state index contributed by atoms with van der Waals surface area (Å²) in [6.45, 7) is 3.84. The van der Waals surface area contributed by atoms with Crippen LogP contribution in [0.2, 0.25) is 5.02 Å². The summed E-state index contributed by atoms with van der Waals surface area (Å²) >= 11 is 5.85. The van der Waals surface area contributed by atoms with Gasteiger partial charge >= 0.3 is 0 Å². The Bertz CT molecular complexity index is 1000. The molecule has 2 aromatic rings. The summed E-state index contributed by atoms with van der Waals surface area (Å²) in [5.74, 6) is -0.181. The van der Waals surface area contributed by atoms with Crippen molar-refractivity contribution in [2.24, 2.45) is 10.1 Å². The van der Waals surface area contributed by atoms with E-state index in [1.165, 1.54) is 37.1 Å². The van der Waals surface area contributed by atoms with E-state index in [1.54, 1.807) is 6.07 Å². The molecule has 0 spiro atoms. The number of benzene rings is 2. The highest BCUT2D eigenvalue weighted by atomic mass is 35.5. The Hall–Kier alpha value is -2.51. The zero-order valence-electron chi connectivity index (χ0n) is 16.5. The zero-order valence-corrected chi connectivity index (χ0v) is 17.2. The molecule has 0 unspecified atom stereocenters. The molecule has 2 aliphatic rings. The van der Waals surface area contributed by atoms with Gasteiger partial charge < -0.3 is 15.4 Å². The van der Waals surface area contributed by atoms with Crippen LogP contribution in [0.15, 0.2) is 40.5 Å². The van der Waals surface area contributed by atoms with Gasteiger partial charge in [-0.3, -0.25) is 4.99 Å². The highest BCUT2D eigenvalue weighted by Gasteiger charge is 2.24. The molecule has 5 nitrogen and oxygen atoms in total. The number of oxime groups is 1. The molecule has 8 heteroatoms. The maximum atomic E-state index is 14.3. The van der Waals surface area contributed by atoms with E-state index in [0.29, 0.717) is 29.8 Å². The minimum Gasteiger partial charge on any atom is -0.411 e. The molecule has 4 rings (SSSR count). The molecular weight excluding hydrogens is 410 g/mol. The monoisotopic (exact) mass is 432 g/mol. The Morgan fingerprint density at radius 3 is 2.70 bits per heavy atom. The third kappa shape index (κ3) is 4.63. The van der Waals surface area contributed by atoms with Crippen molar-refractivity contribution in [1.29, 1.82) is 0 Å². The number of hydrogen-bond acceptors (Lipinski definition) is 4. The van der Waals surface area contributed by atoms with Gasteiger partial charge in [-0.2, -0.15) is 0 Å². The van der Waals surface area contributed by atoms with Crippen molar-refractivity contribution in [1.82, 2.24) is 4.90 Å². The quantitative estimate of drug-likeness (QED) is 0.401. The summed E-state index contributed by atoms with van der Waals surface area (Å²) in [4.78, 5) is 7.03. The molecule has 30 heavy (non-hydrogen) atoms. The van der Waals surface area contributed by atoms with Crippen LogP contribution < -0.4 is 5.32 Å². The predicted octanol–water partition coefficient (Wildman–Crippen LogP) is 4.50. The van der Waals surface area contributed by atoms with Crippen molar-refractivity contribution in [2.75, 3.05) is 31.5 Å². The first-order valence-corrected chi connectivity index (χ1v) is 10.4. The van der Waals surface area contributed by atoms with Crippen molar-refractivity contribution < 1.29 is 14.0 Å². The Morgan fingerprint density at radius 2 is 1.97 bits per heavy atom. The smallest absolute Gasteiger partial charge is 0.141 e. The second-order valence-electron chi connectivity index (χ2n) is 7.63. The Morgan fingerprint density at radius 1 is 1.17 bits per heavy atom. The number of nitrogens with one attached hydrogen (secondary N) is 1. The Balaban J connectivity index is 1.53. The molecule has 2 aliphatic heterocycles. The maximum Gasteiger partial charge on any atom is 0.141 e. The van der Waals surface area contributed by atoms with E-state index in [4.69, 9.17) is 11.6 Å². The number of halogens is 3. The molecule has 2 aromatic carbocycles. The third-order valence-corrected chi connectivity index (χ3v) is 5.83. The van der Waals surface area contributed by atoms with E-state index in [1.807, 2.05) is 0 Å². The van der Waals surface area contributed by atoms with Crippen LogP contribution in [-0.4, -0.2) is 47.8 Å². The van der Waals surface area contributed by atoms with Crippen molar-refractivity contribution in [3.63, 3.8) is 0 Å². The van der Waals surface area contributed by atoms with Gasteiger partial charge in [0, 0.05) is 30.6 Å². The largest absolute Gasteiger partial charge is 0.411 e.